The first-order valence-corrected chi connectivity index (χ1v) is 13.8. The Bertz CT molecular complexity index is 1330. The van der Waals surface area contributed by atoms with Crippen LogP contribution in [0.15, 0.2) is 71.6 Å². The van der Waals surface area contributed by atoms with E-state index in [1.54, 1.807) is 36.4 Å². The summed E-state index contributed by atoms with van der Waals surface area (Å²) in [5, 5.41) is 5.03. The lowest BCUT2D eigenvalue weighted by atomic mass is 10.1. The van der Waals surface area contributed by atoms with Gasteiger partial charge in [-0.3, -0.25) is 9.59 Å². The van der Waals surface area contributed by atoms with Crippen LogP contribution in [0.1, 0.15) is 32.3 Å². The van der Waals surface area contributed by atoms with Gasteiger partial charge in [0.25, 0.3) is 0 Å². The molecule has 0 spiro atoms. The fourth-order valence-electron chi connectivity index (χ4n) is 3.97. The summed E-state index contributed by atoms with van der Waals surface area (Å²) in [6.07, 6.45) is 1.13. The van der Waals surface area contributed by atoms with Gasteiger partial charge >= 0.3 is 0 Å². The third-order valence-electron chi connectivity index (χ3n) is 6.02. The Morgan fingerprint density at radius 2 is 1.64 bits per heavy atom. The number of nitrogens with one attached hydrogen (secondary N) is 1. The molecule has 0 aliphatic heterocycles. The number of rotatable bonds is 11. The lowest BCUT2D eigenvalue weighted by molar-refractivity contribution is -0.141. The van der Waals surface area contributed by atoms with Crippen LogP contribution >= 0.6 is 11.6 Å². The maximum absolute atomic E-state index is 13.5. The zero-order chi connectivity index (χ0) is 26.3. The van der Waals surface area contributed by atoms with Crippen molar-refractivity contribution in [3.05, 3.63) is 77.3 Å². The van der Waals surface area contributed by atoms with Gasteiger partial charge in [0.2, 0.25) is 21.8 Å². The van der Waals surface area contributed by atoms with E-state index in [4.69, 9.17) is 11.6 Å². The number of halogens is 1. The second kappa shape index (κ2) is 12.3. The van der Waals surface area contributed by atoms with E-state index in [0.717, 1.165) is 21.5 Å². The molecule has 1 N–H and O–H groups in total. The van der Waals surface area contributed by atoms with Gasteiger partial charge < -0.3 is 10.2 Å². The minimum absolute atomic E-state index is 0.0838. The Labute approximate surface area is 218 Å². The predicted molar refractivity (Wildman–Crippen MR) is 143 cm³/mol. The van der Waals surface area contributed by atoms with Gasteiger partial charge in [-0.25, -0.2) is 8.42 Å². The van der Waals surface area contributed by atoms with Gasteiger partial charge in [-0.15, -0.1) is 0 Å². The van der Waals surface area contributed by atoms with Gasteiger partial charge in [-0.05, 0) is 47.4 Å². The number of nitrogens with zero attached hydrogens (tertiary/aromatic N) is 2. The lowest BCUT2D eigenvalue weighted by Crippen LogP contribution is -2.51. The summed E-state index contributed by atoms with van der Waals surface area (Å²) in [6, 6.07) is 18.7. The fraction of sp³-hybridized carbons (Fsp3) is 0.333. The number of likely N-dealkylation sites (N-methyl/N-ethyl adjacent to an activating group) is 1. The largest absolute Gasteiger partial charge is 0.354 e. The first-order valence-electron chi connectivity index (χ1n) is 11.9. The normalized spacial score (nSPS) is 12.5. The van der Waals surface area contributed by atoms with Crippen molar-refractivity contribution in [1.82, 2.24) is 14.5 Å². The molecule has 3 rings (SSSR count). The van der Waals surface area contributed by atoms with E-state index in [9.17, 15) is 18.0 Å². The summed E-state index contributed by atoms with van der Waals surface area (Å²) < 4.78 is 27.7. The zero-order valence-corrected chi connectivity index (χ0v) is 22.3. The standard InChI is InChI=1S/C27H32ClN3O4S/c1-4-16-29-27(33)25(5-2)31(18-22-12-8-9-13-24(22)28)26(32)19-30(3)36(34,35)23-15-14-20-10-6-7-11-21(20)17-23/h6-15,17,25H,4-5,16,18-19H2,1-3H3,(H,29,33)/t25-/m0/s1. The minimum atomic E-state index is -3.95. The summed E-state index contributed by atoms with van der Waals surface area (Å²) in [7, 11) is -2.58. The minimum Gasteiger partial charge on any atom is -0.354 e. The molecule has 0 heterocycles. The summed E-state index contributed by atoms with van der Waals surface area (Å²) in [5.41, 5.74) is 0.675. The van der Waals surface area contributed by atoms with Crippen molar-refractivity contribution in [2.24, 2.45) is 0 Å². The zero-order valence-electron chi connectivity index (χ0n) is 20.8. The molecule has 192 valence electrons. The Morgan fingerprint density at radius 3 is 2.31 bits per heavy atom. The number of fused-ring (bicyclic) bond motifs is 1. The maximum atomic E-state index is 13.5. The van der Waals surface area contributed by atoms with E-state index in [2.05, 4.69) is 5.32 Å². The van der Waals surface area contributed by atoms with Crippen molar-refractivity contribution in [3.8, 4) is 0 Å². The molecule has 0 radical (unpaired) electrons. The molecule has 9 heteroatoms. The molecule has 1 atom stereocenters. The number of carbonyl (C=O) groups is 2. The van der Waals surface area contributed by atoms with Crippen molar-refractivity contribution in [1.29, 1.82) is 0 Å². The van der Waals surface area contributed by atoms with E-state index in [0.29, 0.717) is 23.6 Å². The van der Waals surface area contributed by atoms with Gasteiger partial charge in [-0.1, -0.05) is 74.0 Å². The molecule has 0 bridgehead atoms. The fourth-order valence-corrected chi connectivity index (χ4v) is 5.32. The smallest absolute Gasteiger partial charge is 0.243 e. The van der Waals surface area contributed by atoms with E-state index in [1.807, 2.05) is 38.1 Å². The summed E-state index contributed by atoms with van der Waals surface area (Å²) in [6.45, 7) is 3.91. The Kier molecular flexibility index (Phi) is 9.48. The maximum Gasteiger partial charge on any atom is 0.243 e. The Balaban J connectivity index is 1.88. The van der Waals surface area contributed by atoms with Crippen molar-refractivity contribution in [2.45, 2.75) is 44.2 Å². The quantitative estimate of drug-likeness (QED) is 0.397. The van der Waals surface area contributed by atoms with E-state index in [1.165, 1.54) is 18.0 Å². The monoisotopic (exact) mass is 529 g/mol. The number of hydrogen-bond donors (Lipinski definition) is 1. The van der Waals surface area contributed by atoms with E-state index < -0.39 is 28.5 Å². The first-order chi connectivity index (χ1) is 17.2. The lowest BCUT2D eigenvalue weighted by Gasteiger charge is -2.32. The molecule has 7 nitrogen and oxygen atoms in total. The number of carbonyl (C=O) groups excluding carboxylic acids is 2. The second-order valence-electron chi connectivity index (χ2n) is 8.60. The molecular formula is C27H32ClN3O4S. The van der Waals surface area contributed by atoms with Crippen molar-refractivity contribution < 1.29 is 18.0 Å². The molecule has 2 amide bonds. The van der Waals surface area contributed by atoms with Crippen molar-refractivity contribution >= 4 is 44.2 Å². The second-order valence-corrected chi connectivity index (χ2v) is 11.1. The number of sulfonamides is 1. The highest BCUT2D eigenvalue weighted by molar-refractivity contribution is 7.89. The highest BCUT2D eigenvalue weighted by Gasteiger charge is 2.32. The summed E-state index contributed by atoms with van der Waals surface area (Å²) in [4.78, 5) is 28.0. The average molecular weight is 530 g/mol. The van der Waals surface area contributed by atoms with Gasteiger partial charge in [0.05, 0.1) is 11.4 Å². The highest BCUT2D eigenvalue weighted by atomic mass is 35.5. The molecule has 0 fully saturated rings. The highest BCUT2D eigenvalue weighted by Crippen LogP contribution is 2.23. The topological polar surface area (TPSA) is 86.8 Å². The SMILES string of the molecule is CCCNC(=O)[C@H](CC)N(Cc1ccccc1Cl)C(=O)CN(C)S(=O)(=O)c1ccc2ccccc2c1. The Morgan fingerprint density at radius 1 is 0.972 bits per heavy atom. The molecule has 0 aliphatic rings. The van der Waals surface area contributed by atoms with Crippen LogP contribution in [0.3, 0.4) is 0 Å². The average Bonchev–Trinajstić information content (AvgIpc) is 2.87. The van der Waals surface area contributed by atoms with Crippen molar-refractivity contribution in [2.75, 3.05) is 20.1 Å². The third kappa shape index (κ3) is 6.43. The van der Waals surface area contributed by atoms with Crippen LogP contribution in [-0.2, 0) is 26.2 Å². The molecule has 0 aromatic heterocycles. The number of benzene rings is 3. The molecule has 3 aromatic carbocycles. The molecular weight excluding hydrogens is 498 g/mol. The third-order valence-corrected chi connectivity index (χ3v) is 8.19. The molecule has 0 saturated heterocycles. The number of amides is 2. The van der Waals surface area contributed by atoms with Crippen LogP contribution in [0.25, 0.3) is 10.8 Å². The molecule has 0 unspecified atom stereocenters. The van der Waals surface area contributed by atoms with Crippen LogP contribution in [0.4, 0.5) is 0 Å². The van der Waals surface area contributed by atoms with Gasteiger partial charge in [0.15, 0.2) is 0 Å². The van der Waals surface area contributed by atoms with Gasteiger partial charge in [-0.2, -0.15) is 4.31 Å². The van der Waals surface area contributed by atoms with Crippen molar-refractivity contribution in [3.63, 3.8) is 0 Å². The molecule has 3 aromatic rings. The summed E-state index contributed by atoms with van der Waals surface area (Å²) in [5.74, 6) is -0.764. The van der Waals surface area contributed by atoms with Crippen LogP contribution in [0.2, 0.25) is 5.02 Å². The molecule has 0 aliphatic carbocycles. The van der Waals surface area contributed by atoms with E-state index in [-0.39, 0.29) is 17.3 Å². The van der Waals surface area contributed by atoms with Crippen LogP contribution < -0.4 is 5.32 Å². The number of hydrogen-bond acceptors (Lipinski definition) is 4. The predicted octanol–water partition coefficient (Wildman–Crippen LogP) is 4.45. The summed E-state index contributed by atoms with van der Waals surface area (Å²) >= 11 is 6.35. The first kappa shape index (κ1) is 27.6. The van der Waals surface area contributed by atoms with Crippen LogP contribution in [0, 0.1) is 0 Å². The van der Waals surface area contributed by atoms with E-state index >= 15 is 0 Å². The Hall–Kier alpha value is -2.94. The van der Waals surface area contributed by atoms with Gasteiger partial charge in [0, 0.05) is 25.2 Å². The van der Waals surface area contributed by atoms with Crippen LogP contribution in [0.5, 0.6) is 0 Å². The van der Waals surface area contributed by atoms with Gasteiger partial charge in [0.1, 0.15) is 6.04 Å². The molecule has 36 heavy (non-hydrogen) atoms. The van der Waals surface area contributed by atoms with Crippen LogP contribution in [-0.4, -0.2) is 55.6 Å². The molecule has 0 saturated carbocycles.